The number of nitrogens with one attached hydrogen (secondary N) is 1. The largest absolute Gasteiger partial charge is 0.357 e. The van der Waals surface area contributed by atoms with Crippen LogP contribution in [0, 0.1) is 6.92 Å². The highest BCUT2D eigenvalue weighted by molar-refractivity contribution is 9.10. The van der Waals surface area contributed by atoms with Crippen molar-refractivity contribution in [3.63, 3.8) is 0 Å². The minimum Gasteiger partial charge on any atom is -0.357 e. The predicted molar refractivity (Wildman–Crippen MR) is 165 cm³/mol. The van der Waals surface area contributed by atoms with E-state index < -0.39 is 28.5 Å². The third kappa shape index (κ3) is 7.62. The maximum atomic E-state index is 14.2. The molecule has 7 nitrogen and oxygen atoms in total. The second-order valence-corrected chi connectivity index (χ2v) is 12.4. The van der Waals surface area contributed by atoms with Gasteiger partial charge in [0.2, 0.25) is 11.8 Å². The average Bonchev–Trinajstić information content (AvgIpc) is 2.99. The summed E-state index contributed by atoms with van der Waals surface area (Å²) >= 11 is 3.42. The molecule has 0 aliphatic carbocycles. The summed E-state index contributed by atoms with van der Waals surface area (Å²) in [6.45, 7) is 1.60. The van der Waals surface area contributed by atoms with Crippen molar-refractivity contribution < 1.29 is 18.0 Å². The standard InChI is InChI=1S/C32H32BrN3O4S/c1-24-16-18-26(19-17-24)22-35(30(32(38)34-2)20-25-10-5-3-6-11-25)31(37)23-36(28-13-9-12-27(33)21-28)41(39,40)29-14-7-4-8-15-29/h3-19,21,30H,20,22-23H2,1-2H3,(H,34,38)/t30-/m0/s1. The number of sulfonamides is 1. The van der Waals surface area contributed by atoms with Crippen molar-refractivity contribution in [3.05, 3.63) is 130 Å². The topological polar surface area (TPSA) is 86.8 Å². The number of rotatable bonds is 11. The summed E-state index contributed by atoms with van der Waals surface area (Å²) < 4.78 is 29.6. The van der Waals surface area contributed by atoms with Crippen LogP contribution in [0.15, 0.2) is 119 Å². The molecule has 0 aliphatic heterocycles. The van der Waals surface area contributed by atoms with Crippen LogP contribution in [0.25, 0.3) is 0 Å². The monoisotopic (exact) mass is 633 g/mol. The number of halogens is 1. The Kier molecular flexibility index (Phi) is 9.96. The molecule has 4 aromatic carbocycles. The van der Waals surface area contributed by atoms with Gasteiger partial charge in [0.05, 0.1) is 10.6 Å². The number of amides is 2. The molecule has 212 valence electrons. The van der Waals surface area contributed by atoms with E-state index >= 15 is 0 Å². The minimum atomic E-state index is -4.12. The molecule has 4 aromatic rings. The van der Waals surface area contributed by atoms with E-state index in [0.29, 0.717) is 10.2 Å². The number of likely N-dealkylation sites (N-methyl/N-ethyl adjacent to an activating group) is 1. The van der Waals surface area contributed by atoms with Crippen LogP contribution in [0.1, 0.15) is 16.7 Å². The van der Waals surface area contributed by atoms with E-state index in [0.717, 1.165) is 21.0 Å². The van der Waals surface area contributed by atoms with E-state index in [-0.39, 0.29) is 23.8 Å². The lowest BCUT2D eigenvalue weighted by Crippen LogP contribution is -2.53. The summed E-state index contributed by atoms with van der Waals surface area (Å²) in [7, 11) is -2.59. The van der Waals surface area contributed by atoms with Crippen LogP contribution in [0.2, 0.25) is 0 Å². The fourth-order valence-electron chi connectivity index (χ4n) is 4.49. The number of carbonyl (C=O) groups is 2. The van der Waals surface area contributed by atoms with Crippen molar-refractivity contribution in [1.82, 2.24) is 10.2 Å². The first kappa shape index (κ1) is 30.0. The number of benzene rings is 4. The van der Waals surface area contributed by atoms with Crippen molar-refractivity contribution in [2.24, 2.45) is 0 Å². The second-order valence-electron chi connectivity index (χ2n) is 9.63. The van der Waals surface area contributed by atoms with Crippen LogP contribution >= 0.6 is 15.9 Å². The molecule has 0 aliphatic rings. The SMILES string of the molecule is CNC(=O)[C@H](Cc1ccccc1)N(Cc1ccc(C)cc1)C(=O)CN(c1cccc(Br)c1)S(=O)(=O)c1ccccc1. The number of hydrogen-bond donors (Lipinski definition) is 1. The molecule has 0 spiro atoms. The lowest BCUT2D eigenvalue weighted by Gasteiger charge is -2.33. The first-order chi connectivity index (χ1) is 19.7. The second kappa shape index (κ2) is 13.6. The molecule has 0 radical (unpaired) electrons. The number of aryl methyl sites for hydroxylation is 1. The summed E-state index contributed by atoms with van der Waals surface area (Å²) in [5.74, 6) is -0.844. The van der Waals surface area contributed by atoms with Gasteiger partial charge in [-0.3, -0.25) is 13.9 Å². The maximum absolute atomic E-state index is 14.2. The Labute approximate surface area is 250 Å². The normalized spacial score (nSPS) is 11.9. The molecule has 4 rings (SSSR count). The van der Waals surface area contributed by atoms with Crippen LogP contribution in [0.4, 0.5) is 5.69 Å². The first-order valence-corrected chi connectivity index (χ1v) is 15.4. The molecule has 41 heavy (non-hydrogen) atoms. The van der Waals surface area contributed by atoms with E-state index in [1.165, 1.54) is 24.1 Å². The van der Waals surface area contributed by atoms with Crippen molar-refractivity contribution in [1.29, 1.82) is 0 Å². The van der Waals surface area contributed by atoms with Crippen molar-refractivity contribution >= 4 is 43.5 Å². The zero-order valence-corrected chi connectivity index (χ0v) is 25.3. The zero-order valence-electron chi connectivity index (χ0n) is 22.9. The molecule has 0 saturated carbocycles. The van der Waals surface area contributed by atoms with Crippen LogP contribution in [0.3, 0.4) is 0 Å². The summed E-state index contributed by atoms with van der Waals surface area (Å²) in [6.07, 6.45) is 0.264. The first-order valence-electron chi connectivity index (χ1n) is 13.1. The van der Waals surface area contributed by atoms with Gasteiger partial charge in [-0.25, -0.2) is 8.42 Å². The number of anilines is 1. The summed E-state index contributed by atoms with van der Waals surface area (Å²) in [4.78, 5) is 29.1. The highest BCUT2D eigenvalue weighted by Crippen LogP contribution is 2.27. The van der Waals surface area contributed by atoms with Crippen molar-refractivity contribution in [2.45, 2.75) is 30.8 Å². The third-order valence-corrected chi connectivity index (χ3v) is 8.98. The smallest absolute Gasteiger partial charge is 0.264 e. The van der Waals surface area contributed by atoms with E-state index in [1.54, 1.807) is 42.5 Å². The molecule has 0 unspecified atom stereocenters. The molecule has 9 heteroatoms. The quantitative estimate of drug-likeness (QED) is 0.242. The molecule has 0 saturated heterocycles. The lowest BCUT2D eigenvalue weighted by molar-refractivity contribution is -0.139. The maximum Gasteiger partial charge on any atom is 0.264 e. The number of hydrogen-bond acceptors (Lipinski definition) is 4. The molecule has 2 amide bonds. The van der Waals surface area contributed by atoms with Gasteiger partial charge in [-0.15, -0.1) is 0 Å². The van der Waals surface area contributed by atoms with Gasteiger partial charge in [0.15, 0.2) is 0 Å². The van der Waals surface area contributed by atoms with E-state index in [4.69, 9.17) is 0 Å². The molecule has 0 heterocycles. The Balaban J connectivity index is 1.78. The molecule has 1 N–H and O–H groups in total. The van der Waals surface area contributed by atoms with E-state index in [1.807, 2.05) is 61.5 Å². The fourth-order valence-corrected chi connectivity index (χ4v) is 6.30. The highest BCUT2D eigenvalue weighted by atomic mass is 79.9. The summed E-state index contributed by atoms with van der Waals surface area (Å²) in [6, 6.07) is 31.1. The van der Waals surface area contributed by atoms with Crippen molar-refractivity contribution in [3.8, 4) is 0 Å². The van der Waals surface area contributed by atoms with Gasteiger partial charge in [-0.2, -0.15) is 0 Å². The molecular formula is C32H32BrN3O4S. The molecule has 1 atom stereocenters. The molecule has 0 bridgehead atoms. The van der Waals surface area contributed by atoms with Gasteiger partial charge in [0.1, 0.15) is 12.6 Å². The lowest BCUT2D eigenvalue weighted by atomic mass is 10.0. The fraction of sp³-hybridized carbons (Fsp3) is 0.188. The Bertz CT molecular complexity index is 1580. The Hall–Kier alpha value is -3.95. The molecule has 0 fully saturated rings. The molecule has 0 aromatic heterocycles. The van der Waals surface area contributed by atoms with Gasteiger partial charge >= 0.3 is 0 Å². The zero-order chi connectivity index (χ0) is 29.4. The van der Waals surface area contributed by atoms with Crippen molar-refractivity contribution in [2.75, 3.05) is 17.9 Å². The minimum absolute atomic E-state index is 0.0602. The van der Waals surface area contributed by atoms with Gasteiger partial charge in [0.25, 0.3) is 10.0 Å². The summed E-state index contributed by atoms with van der Waals surface area (Å²) in [5, 5.41) is 2.69. The van der Waals surface area contributed by atoms with Gasteiger partial charge in [-0.05, 0) is 48.4 Å². The van der Waals surface area contributed by atoms with Crippen LogP contribution < -0.4 is 9.62 Å². The average molecular weight is 635 g/mol. The summed E-state index contributed by atoms with van der Waals surface area (Å²) in [5.41, 5.74) is 3.09. The third-order valence-electron chi connectivity index (χ3n) is 6.70. The molecular weight excluding hydrogens is 602 g/mol. The van der Waals surface area contributed by atoms with Gasteiger partial charge in [0, 0.05) is 24.5 Å². The Morgan fingerprint density at radius 1 is 0.829 bits per heavy atom. The number of carbonyl (C=O) groups excluding carboxylic acids is 2. The Morgan fingerprint density at radius 3 is 2.07 bits per heavy atom. The Morgan fingerprint density at radius 2 is 1.46 bits per heavy atom. The number of nitrogens with zero attached hydrogens (tertiary/aromatic N) is 2. The van der Waals surface area contributed by atoms with Crippen LogP contribution in [-0.4, -0.2) is 44.8 Å². The van der Waals surface area contributed by atoms with Crippen LogP contribution in [-0.2, 0) is 32.6 Å². The van der Waals surface area contributed by atoms with Gasteiger partial charge < -0.3 is 10.2 Å². The van der Waals surface area contributed by atoms with Crippen LogP contribution in [0.5, 0.6) is 0 Å². The van der Waals surface area contributed by atoms with E-state index in [2.05, 4.69) is 21.2 Å². The predicted octanol–water partition coefficient (Wildman–Crippen LogP) is 5.34. The highest BCUT2D eigenvalue weighted by Gasteiger charge is 2.34. The van der Waals surface area contributed by atoms with Gasteiger partial charge in [-0.1, -0.05) is 100 Å². The van der Waals surface area contributed by atoms with E-state index in [9.17, 15) is 18.0 Å².